The van der Waals surface area contributed by atoms with Crippen LogP contribution in [0, 0.1) is 5.82 Å². The highest BCUT2D eigenvalue weighted by atomic mass is 32.2. The highest BCUT2D eigenvalue weighted by molar-refractivity contribution is 7.89. The summed E-state index contributed by atoms with van der Waals surface area (Å²) in [5, 5.41) is 0. The Morgan fingerprint density at radius 2 is 1.36 bits per heavy atom. The van der Waals surface area contributed by atoms with Crippen LogP contribution in [-0.2, 0) is 10.0 Å². The van der Waals surface area contributed by atoms with Crippen LogP contribution in [0.2, 0.25) is 0 Å². The number of hydrogen-bond donors (Lipinski definition) is 1. The van der Waals surface area contributed by atoms with Gasteiger partial charge < -0.3 is 4.74 Å². The third-order valence-electron chi connectivity index (χ3n) is 3.97. The molecule has 3 aromatic rings. The van der Waals surface area contributed by atoms with Gasteiger partial charge in [-0.3, -0.25) is 0 Å². The maximum absolute atomic E-state index is 14.0. The first kappa shape index (κ1) is 19.9. The van der Waals surface area contributed by atoms with Crippen LogP contribution in [0.4, 0.5) is 13.2 Å². The fourth-order valence-electron chi connectivity index (χ4n) is 2.70. The first-order valence-corrected chi connectivity index (χ1v) is 9.72. The fourth-order valence-corrected chi connectivity index (χ4v) is 3.99. The largest absolute Gasteiger partial charge is 0.435 e. The van der Waals surface area contributed by atoms with Crippen LogP contribution >= 0.6 is 0 Å². The number of alkyl halides is 2. The highest BCUT2D eigenvalue weighted by Gasteiger charge is 2.25. The number of hydrogen-bond acceptors (Lipinski definition) is 3. The average Bonchev–Trinajstić information content (AvgIpc) is 2.67. The van der Waals surface area contributed by atoms with Crippen molar-refractivity contribution in [3.05, 3.63) is 95.8 Å². The van der Waals surface area contributed by atoms with Gasteiger partial charge in [0.25, 0.3) is 0 Å². The van der Waals surface area contributed by atoms with Gasteiger partial charge >= 0.3 is 6.61 Å². The Kier molecular flexibility index (Phi) is 6.01. The van der Waals surface area contributed by atoms with E-state index >= 15 is 0 Å². The zero-order valence-electron chi connectivity index (χ0n) is 14.4. The first-order chi connectivity index (χ1) is 13.4. The molecule has 146 valence electrons. The summed E-state index contributed by atoms with van der Waals surface area (Å²) in [6.45, 7) is -2.96. The van der Waals surface area contributed by atoms with Gasteiger partial charge in [0.05, 0.1) is 6.04 Å². The highest BCUT2D eigenvalue weighted by Crippen LogP contribution is 2.27. The second-order valence-corrected chi connectivity index (χ2v) is 7.53. The molecule has 0 saturated carbocycles. The van der Waals surface area contributed by atoms with Gasteiger partial charge in [0.2, 0.25) is 10.0 Å². The van der Waals surface area contributed by atoms with Crippen molar-refractivity contribution in [2.24, 2.45) is 0 Å². The van der Waals surface area contributed by atoms with Crippen molar-refractivity contribution < 1.29 is 26.3 Å². The summed E-state index contributed by atoms with van der Waals surface area (Å²) in [6, 6.07) is 18.4. The molecule has 0 unspecified atom stereocenters. The summed E-state index contributed by atoms with van der Waals surface area (Å²) in [5.74, 6) is -0.926. The number of benzene rings is 3. The molecule has 3 rings (SSSR count). The Balaban J connectivity index is 1.98. The van der Waals surface area contributed by atoms with Crippen molar-refractivity contribution in [2.75, 3.05) is 0 Å². The minimum Gasteiger partial charge on any atom is -0.435 e. The number of ether oxygens (including phenoxy) is 1. The quantitative estimate of drug-likeness (QED) is 0.628. The zero-order valence-corrected chi connectivity index (χ0v) is 15.2. The first-order valence-electron chi connectivity index (χ1n) is 8.23. The second kappa shape index (κ2) is 8.45. The molecule has 0 spiro atoms. The van der Waals surface area contributed by atoms with Gasteiger partial charge in [-0.05, 0) is 35.4 Å². The van der Waals surface area contributed by atoms with E-state index < -0.39 is 33.4 Å². The molecule has 0 radical (unpaired) electrons. The monoisotopic (exact) mass is 407 g/mol. The molecular weight excluding hydrogens is 391 g/mol. The molecule has 0 bridgehead atoms. The normalized spacial score (nSPS) is 12.7. The number of halogens is 3. The van der Waals surface area contributed by atoms with Crippen LogP contribution < -0.4 is 9.46 Å². The van der Waals surface area contributed by atoms with Crippen molar-refractivity contribution in [2.45, 2.75) is 17.5 Å². The molecule has 1 atom stereocenters. The molecule has 0 fully saturated rings. The van der Waals surface area contributed by atoms with E-state index in [1.165, 1.54) is 42.5 Å². The van der Waals surface area contributed by atoms with Gasteiger partial charge in [0.15, 0.2) is 0 Å². The summed E-state index contributed by atoms with van der Waals surface area (Å²) in [7, 11) is -4.19. The molecule has 0 aliphatic heterocycles. The van der Waals surface area contributed by atoms with Crippen LogP contribution in [0.1, 0.15) is 17.2 Å². The molecule has 4 nitrogen and oxygen atoms in total. The SMILES string of the molecule is O=S(=O)(N[C@H](c1ccccc1)c1ccc(OC(F)F)cc1)c1ccccc1F. The molecule has 0 aromatic heterocycles. The number of sulfonamides is 1. The van der Waals surface area contributed by atoms with Gasteiger partial charge in [-0.25, -0.2) is 12.8 Å². The lowest BCUT2D eigenvalue weighted by Crippen LogP contribution is -2.30. The molecule has 0 heterocycles. The van der Waals surface area contributed by atoms with Crippen molar-refractivity contribution in [3.63, 3.8) is 0 Å². The van der Waals surface area contributed by atoms with E-state index in [1.54, 1.807) is 30.3 Å². The van der Waals surface area contributed by atoms with E-state index in [9.17, 15) is 21.6 Å². The average molecular weight is 407 g/mol. The molecule has 8 heteroatoms. The van der Waals surface area contributed by atoms with Crippen molar-refractivity contribution in [1.29, 1.82) is 0 Å². The van der Waals surface area contributed by atoms with Crippen LogP contribution in [0.25, 0.3) is 0 Å². The standard InChI is InChI=1S/C20H16F3NO3S/c21-17-8-4-5-9-18(17)28(25,26)24-19(14-6-2-1-3-7-14)15-10-12-16(13-11-15)27-20(22)23/h1-13,19-20,24H/t19-/m1/s1. The Bertz CT molecular complexity index is 1030. The fraction of sp³-hybridized carbons (Fsp3) is 0.100. The molecule has 0 amide bonds. The van der Waals surface area contributed by atoms with Crippen LogP contribution in [0.5, 0.6) is 5.75 Å². The third-order valence-corrected chi connectivity index (χ3v) is 5.43. The van der Waals surface area contributed by atoms with Crippen LogP contribution in [0.3, 0.4) is 0 Å². The maximum atomic E-state index is 14.0. The smallest absolute Gasteiger partial charge is 0.387 e. The van der Waals surface area contributed by atoms with Crippen molar-refractivity contribution in [1.82, 2.24) is 4.72 Å². The van der Waals surface area contributed by atoms with Gasteiger partial charge in [-0.15, -0.1) is 0 Å². The van der Waals surface area contributed by atoms with Crippen molar-refractivity contribution in [3.8, 4) is 5.75 Å². The van der Waals surface area contributed by atoms with Gasteiger partial charge in [0, 0.05) is 0 Å². The molecule has 0 saturated heterocycles. The summed E-state index contributed by atoms with van der Waals surface area (Å²) < 4.78 is 71.0. The van der Waals surface area contributed by atoms with E-state index in [1.807, 2.05) is 0 Å². The van der Waals surface area contributed by atoms with Gasteiger partial charge in [-0.1, -0.05) is 54.6 Å². The third kappa shape index (κ3) is 4.71. The summed E-state index contributed by atoms with van der Waals surface area (Å²) in [5.41, 5.74) is 1.08. The lowest BCUT2D eigenvalue weighted by atomic mass is 10.00. The Labute approximate surface area is 160 Å². The molecule has 3 aromatic carbocycles. The molecule has 1 N–H and O–H groups in total. The van der Waals surface area contributed by atoms with Crippen molar-refractivity contribution >= 4 is 10.0 Å². The van der Waals surface area contributed by atoms with E-state index in [0.717, 1.165) is 6.07 Å². The molecule has 0 aliphatic carbocycles. The molecule has 0 aliphatic rings. The minimum absolute atomic E-state index is 0.0532. The predicted molar refractivity (Wildman–Crippen MR) is 98.1 cm³/mol. The Morgan fingerprint density at radius 3 is 1.96 bits per heavy atom. The van der Waals surface area contributed by atoms with Gasteiger partial charge in [-0.2, -0.15) is 13.5 Å². The van der Waals surface area contributed by atoms with Crippen LogP contribution in [-0.4, -0.2) is 15.0 Å². The Morgan fingerprint density at radius 1 is 0.786 bits per heavy atom. The lowest BCUT2D eigenvalue weighted by molar-refractivity contribution is -0.0498. The van der Waals surface area contributed by atoms with Gasteiger partial charge in [0.1, 0.15) is 16.5 Å². The summed E-state index contributed by atoms with van der Waals surface area (Å²) in [6.07, 6.45) is 0. The minimum atomic E-state index is -4.19. The Hall–Kier alpha value is -2.84. The molecule has 28 heavy (non-hydrogen) atoms. The predicted octanol–water partition coefficient (Wildman–Crippen LogP) is 4.50. The second-order valence-electron chi connectivity index (χ2n) is 5.84. The zero-order chi connectivity index (χ0) is 20.1. The molecular formula is C20H16F3NO3S. The van der Waals surface area contributed by atoms with E-state index in [4.69, 9.17) is 0 Å². The lowest BCUT2D eigenvalue weighted by Gasteiger charge is -2.20. The number of rotatable bonds is 7. The van der Waals surface area contributed by atoms with E-state index in [-0.39, 0.29) is 5.75 Å². The maximum Gasteiger partial charge on any atom is 0.387 e. The number of nitrogens with one attached hydrogen (secondary N) is 1. The summed E-state index contributed by atoms with van der Waals surface area (Å²) >= 11 is 0. The van der Waals surface area contributed by atoms with E-state index in [0.29, 0.717) is 11.1 Å². The summed E-state index contributed by atoms with van der Waals surface area (Å²) in [4.78, 5) is -0.478. The topological polar surface area (TPSA) is 55.4 Å². The van der Waals surface area contributed by atoms with Crippen LogP contribution in [0.15, 0.2) is 83.8 Å². The van der Waals surface area contributed by atoms with E-state index in [2.05, 4.69) is 9.46 Å².